The Kier molecular flexibility index (Phi) is 5.45. The molecule has 1 aliphatic rings. The molecule has 1 rings (SSSR count). The molecule has 1 fully saturated rings. The molecule has 0 heterocycles. The fraction of sp³-hybridized carbons (Fsp3) is 1.00. The molecule has 0 saturated heterocycles. The average Bonchev–Trinajstić information content (AvgIpc) is 2.94. The SMILES string of the molecule is CCC(C)CCCCNCC1CC1. The summed E-state index contributed by atoms with van der Waals surface area (Å²) in [5.41, 5.74) is 0. The van der Waals surface area contributed by atoms with E-state index in [1.165, 1.54) is 51.6 Å². The van der Waals surface area contributed by atoms with Crippen molar-refractivity contribution in [2.24, 2.45) is 11.8 Å². The zero-order valence-corrected chi connectivity index (χ0v) is 9.31. The first-order valence-corrected chi connectivity index (χ1v) is 6.03. The first kappa shape index (κ1) is 11.0. The van der Waals surface area contributed by atoms with Crippen molar-refractivity contribution in [1.82, 2.24) is 5.32 Å². The van der Waals surface area contributed by atoms with Gasteiger partial charge in [-0.15, -0.1) is 0 Å². The van der Waals surface area contributed by atoms with Crippen LogP contribution in [0.25, 0.3) is 0 Å². The first-order valence-electron chi connectivity index (χ1n) is 6.03. The molecular formula is C12H25N. The van der Waals surface area contributed by atoms with E-state index in [2.05, 4.69) is 19.2 Å². The first-order chi connectivity index (χ1) is 6.33. The van der Waals surface area contributed by atoms with E-state index in [9.17, 15) is 0 Å². The molecule has 0 radical (unpaired) electrons. The number of nitrogens with one attached hydrogen (secondary N) is 1. The number of unbranched alkanes of at least 4 members (excludes halogenated alkanes) is 1. The molecule has 1 aliphatic carbocycles. The van der Waals surface area contributed by atoms with Gasteiger partial charge in [-0.2, -0.15) is 0 Å². The summed E-state index contributed by atoms with van der Waals surface area (Å²) in [5, 5.41) is 3.54. The molecule has 1 saturated carbocycles. The lowest BCUT2D eigenvalue weighted by Crippen LogP contribution is -2.18. The highest BCUT2D eigenvalue weighted by Gasteiger charge is 2.19. The molecule has 0 spiro atoms. The Hall–Kier alpha value is -0.0400. The van der Waals surface area contributed by atoms with Gasteiger partial charge in [-0.25, -0.2) is 0 Å². The highest BCUT2D eigenvalue weighted by Crippen LogP contribution is 2.27. The number of hydrogen-bond donors (Lipinski definition) is 1. The monoisotopic (exact) mass is 183 g/mol. The Balaban J connectivity index is 1.72. The van der Waals surface area contributed by atoms with Crippen molar-refractivity contribution in [3.63, 3.8) is 0 Å². The zero-order chi connectivity index (χ0) is 9.52. The smallest absolute Gasteiger partial charge is 0.00205 e. The molecule has 78 valence electrons. The summed E-state index contributed by atoms with van der Waals surface area (Å²) in [5.74, 6) is 1.97. The van der Waals surface area contributed by atoms with E-state index in [1.54, 1.807) is 0 Å². The lowest BCUT2D eigenvalue weighted by Gasteiger charge is -2.07. The maximum atomic E-state index is 3.54. The van der Waals surface area contributed by atoms with Crippen molar-refractivity contribution in [1.29, 1.82) is 0 Å². The van der Waals surface area contributed by atoms with Crippen LogP contribution in [0.15, 0.2) is 0 Å². The van der Waals surface area contributed by atoms with Crippen molar-refractivity contribution >= 4 is 0 Å². The molecule has 0 amide bonds. The molecule has 1 N–H and O–H groups in total. The Morgan fingerprint density at radius 1 is 1.31 bits per heavy atom. The molecule has 13 heavy (non-hydrogen) atoms. The molecule has 1 heteroatoms. The Morgan fingerprint density at radius 3 is 2.69 bits per heavy atom. The van der Waals surface area contributed by atoms with Crippen LogP contribution in [0.3, 0.4) is 0 Å². The van der Waals surface area contributed by atoms with E-state index < -0.39 is 0 Å². The summed E-state index contributed by atoms with van der Waals surface area (Å²) < 4.78 is 0. The van der Waals surface area contributed by atoms with E-state index >= 15 is 0 Å². The quantitative estimate of drug-likeness (QED) is 0.570. The standard InChI is InChI=1S/C12H25N/c1-3-11(2)6-4-5-9-13-10-12-7-8-12/h11-13H,3-10H2,1-2H3. The molecule has 0 aromatic heterocycles. The van der Waals surface area contributed by atoms with Crippen molar-refractivity contribution in [3.8, 4) is 0 Å². The van der Waals surface area contributed by atoms with E-state index in [1.807, 2.05) is 0 Å². The lowest BCUT2D eigenvalue weighted by molar-refractivity contribution is 0.474. The Morgan fingerprint density at radius 2 is 2.08 bits per heavy atom. The van der Waals surface area contributed by atoms with Crippen LogP contribution in [-0.2, 0) is 0 Å². The van der Waals surface area contributed by atoms with Gasteiger partial charge in [-0.1, -0.05) is 33.1 Å². The Labute approximate surface area is 83.3 Å². The van der Waals surface area contributed by atoms with Crippen LogP contribution in [0.1, 0.15) is 52.4 Å². The lowest BCUT2D eigenvalue weighted by atomic mass is 10.0. The maximum absolute atomic E-state index is 3.54. The minimum atomic E-state index is 0.934. The summed E-state index contributed by atoms with van der Waals surface area (Å²) >= 11 is 0. The predicted octanol–water partition coefficient (Wildman–Crippen LogP) is 3.20. The summed E-state index contributed by atoms with van der Waals surface area (Å²) in [6.45, 7) is 7.17. The number of rotatable bonds is 8. The van der Waals surface area contributed by atoms with Crippen molar-refractivity contribution < 1.29 is 0 Å². The molecule has 0 bridgehead atoms. The Bertz CT molecular complexity index is 118. The highest BCUT2D eigenvalue weighted by molar-refractivity contribution is 4.74. The minimum absolute atomic E-state index is 0.934. The molecule has 1 atom stereocenters. The van der Waals surface area contributed by atoms with Gasteiger partial charge in [0.25, 0.3) is 0 Å². The van der Waals surface area contributed by atoms with Gasteiger partial charge in [-0.3, -0.25) is 0 Å². The summed E-state index contributed by atoms with van der Waals surface area (Å²) in [6, 6.07) is 0. The molecule has 1 nitrogen and oxygen atoms in total. The second-order valence-corrected chi connectivity index (χ2v) is 4.66. The van der Waals surface area contributed by atoms with Crippen LogP contribution in [0, 0.1) is 11.8 Å². The normalized spacial score (nSPS) is 18.9. The molecule has 0 aromatic carbocycles. The minimum Gasteiger partial charge on any atom is -0.316 e. The van der Waals surface area contributed by atoms with E-state index in [0.29, 0.717) is 0 Å². The molecule has 1 unspecified atom stereocenters. The summed E-state index contributed by atoms with van der Waals surface area (Å²) in [7, 11) is 0. The van der Waals surface area contributed by atoms with Gasteiger partial charge in [-0.05, 0) is 44.2 Å². The van der Waals surface area contributed by atoms with E-state index in [4.69, 9.17) is 0 Å². The largest absolute Gasteiger partial charge is 0.316 e. The van der Waals surface area contributed by atoms with Crippen molar-refractivity contribution in [2.45, 2.75) is 52.4 Å². The van der Waals surface area contributed by atoms with Gasteiger partial charge in [0.05, 0.1) is 0 Å². The fourth-order valence-corrected chi connectivity index (χ4v) is 1.58. The topological polar surface area (TPSA) is 12.0 Å². The van der Waals surface area contributed by atoms with Crippen LogP contribution in [0.2, 0.25) is 0 Å². The third-order valence-corrected chi connectivity index (χ3v) is 3.13. The van der Waals surface area contributed by atoms with Gasteiger partial charge in [0.1, 0.15) is 0 Å². The van der Waals surface area contributed by atoms with Crippen LogP contribution in [0.5, 0.6) is 0 Å². The zero-order valence-electron chi connectivity index (χ0n) is 9.31. The van der Waals surface area contributed by atoms with Crippen molar-refractivity contribution in [3.05, 3.63) is 0 Å². The third-order valence-electron chi connectivity index (χ3n) is 3.13. The van der Waals surface area contributed by atoms with Gasteiger partial charge in [0.15, 0.2) is 0 Å². The van der Waals surface area contributed by atoms with E-state index in [0.717, 1.165) is 11.8 Å². The fourth-order valence-electron chi connectivity index (χ4n) is 1.58. The molecular weight excluding hydrogens is 158 g/mol. The van der Waals surface area contributed by atoms with Gasteiger partial charge in [0, 0.05) is 0 Å². The van der Waals surface area contributed by atoms with Gasteiger partial charge in [0.2, 0.25) is 0 Å². The summed E-state index contributed by atoms with van der Waals surface area (Å²) in [4.78, 5) is 0. The van der Waals surface area contributed by atoms with Crippen LogP contribution >= 0.6 is 0 Å². The van der Waals surface area contributed by atoms with E-state index in [-0.39, 0.29) is 0 Å². The maximum Gasteiger partial charge on any atom is -0.00205 e. The average molecular weight is 183 g/mol. The molecule has 0 aliphatic heterocycles. The second kappa shape index (κ2) is 6.42. The van der Waals surface area contributed by atoms with Crippen LogP contribution < -0.4 is 5.32 Å². The predicted molar refractivity (Wildman–Crippen MR) is 58.9 cm³/mol. The van der Waals surface area contributed by atoms with Crippen LogP contribution in [0.4, 0.5) is 0 Å². The highest BCUT2D eigenvalue weighted by atomic mass is 14.9. The van der Waals surface area contributed by atoms with Gasteiger partial charge >= 0.3 is 0 Å². The van der Waals surface area contributed by atoms with Gasteiger partial charge < -0.3 is 5.32 Å². The third kappa shape index (κ3) is 6.09. The second-order valence-electron chi connectivity index (χ2n) is 4.66. The summed E-state index contributed by atoms with van der Waals surface area (Å²) in [6.07, 6.45) is 8.49. The number of hydrogen-bond acceptors (Lipinski definition) is 1. The molecule has 0 aromatic rings. The van der Waals surface area contributed by atoms with Crippen LogP contribution in [-0.4, -0.2) is 13.1 Å². The van der Waals surface area contributed by atoms with Crippen molar-refractivity contribution in [2.75, 3.05) is 13.1 Å².